The number of carbonyl (C=O) groups excluding carboxylic acids is 2. The monoisotopic (exact) mass is 1330 g/mol. The Balaban J connectivity index is 0.000000486. The van der Waals surface area contributed by atoms with Gasteiger partial charge in [-0.3, -0.25) is 9.59 Å². The fourth-order valence-corrected chi connectivity index (χ4v) is 8.21. The summed E-state index contributed by atoms with van der Waals surface area (Å²) in [5.41, 5.74) is 11.7. The normalized spacial score (nSPS) is 12.2. The molecule has 2 aromatic heterocycles. The van der Waals surface area contributed by atoms with Crippen molar-refractivity contribution >= 4 is 33.1 Å². The Bertz CT molecular complexity index is 2510. The molecule has 2 unspecified atom stereocenters. The molecular weight excluding hydrogens is 1250 g/mol. The third-order valence-corrected chi connectivity index (χ3v) is 13.3. The number of hydrogen-bond donors (Lipinski definition) is 2. The Morgan fingerprint density at radius 1 is 0.500 bits per heavy atom. The van der Waals surface area contributed by atoms with Crippen LogP contribution in [0.15, 0.2) is 109 Å². The van der Waals surface area contributed by atoms with E-state index in [4.69, 9.17) is 0 Å². The Kier molecular flexibility index (Phi) is 29.6. The van der Waals surface area contributed by atoms with Gasteiger partial charge in [0, 0.05) is 88.4 Å². The molecule has 72 heavy (non-hydrogen) atoms. The zero-order valence-corrected chi connectivity index (χ0v) is 51.0. The van der Waals surface area contributed by atoms with Crippen molar-refractivity contribution in [3.63, 3.8) is 0 Å². The molecule has 0 spiro atoms. The van der Waals surface area contributed by atoms with E-state index >= 15 is 0 Å². The van der Waals surface area contributed by atoms with Gasteiger partial charge >= 0.3 is 0 Å². The number of fused-ring (bicyclic) bond motifs is 2. The third kappa shape index (κ3) is 19.7. The molecule has 2 atom stereocenters. The van der Waals surface area contributed by atoms with Gasteiger partial charge in [-0.05, 0) is 107 Å². The summed E-state index contributed by atoms with van der Waals surface area (Å²) in [5, 5.41) is 24.1. The predicted molar refractivity (Wildman–Crippen MR) is 298 cm³/mol. The van der Waals surface area contributed by atoms with Crippen molar-refractivity contribution < 1.29 is 60.0 Å². The number of benzene rings is 4. The number of aliphatic hydroxyl groups excluding tert-OH is 2. The van der Waals surface area contributed by atoms with Gasteiger partial charge in [0.05, 0.1) is 11.5 Å². The van der Waals surface area contributed by atoms with Crippen LogP contribution in [0.2, 0.25) is 0 Å². The Labute approximate surface area is 461 Å². The van der Waals surface area contributed by atoms with Gasteiger partial charge in [-0.15, -0.1) is 69.8 Å². The number of aryl methyl sites for hydroxylation is 4. The number of hydrogen-bond acceptors (Lipinski definition) is 6. The number of ketones is 2. The second-order valence-corrected chi connectivity index (χ2v) is 19.7. The number of carbonyl (C=O) groups is 2. The summed E-state index contributed by atoms with van der Waals surface area (Å²) in [4.78, 5) is 32.3. The minimum atomic E-state index is 0. The van der Waals surface area contributed by atoms with Gasteiger partial charge in [-0.2, -0.15) is 0 Å². The van der Waals surface area contributed by atoms with E-state index in [-0.39, 0.29) is 87.0 Å². The molecule has 2 heterocycles. The first-order chi connectivity index (χ1) is 33.2. The van der Waals surface area contributed by atoms with Crippen molar-refractivity contribution in [3.8, 4) is 22.5 Å². The van der Waals surface area contributed by atoms with E-state index in [1.807, 2.05) is 67.8 Å². The van der Waals surface area contributed by atoms with Gasteiger partial charge in [0.15, 0.2) is 11.6 Å². The van der Waals surface area contributed by atoms with E-state index in [2.05, 4.69) is 150 Å². The van der Waals surface area contributed by atoms with Crippen LogP contribution < -0.4 is 0 Å². The Morgan fingerprint density at radius 3 is 1.24 bits per heavy atom. The van der Waals surface area contributed by atoms with Crippen LogP contribution in [0.3, 0.4) is 0 Å². The Hall–Kier alpha value is -4.58. The largest absolute Gasteiger partial charge is 0.512 e. The van der Waals surface area contributed by atoms with E-state index in [9.17, 15) is 19.8 Å². The van der Waals surface area contributed by atoms with Crippen LogP contribution in [-0.2, 0) is 49.8 Å². The molecule has 4 aromatic carbocycles. The van der Waals surface area contributed by atoms with Crippen molar-refractivity contribution in [1.29, 1.82) is 0 Å². The summed E-state index contributed by atoms with van der Waals surface area (Å²) in [6, 6.07) is 33.0. The van der Waals surface area contributed by atoms with E-state index in [1.54, 1.807) is 0 Å². The molecule has 0 aliphatic rings. The van der Waals surface area contributed by atoms with E-state index in [1.165, 1.54) is 56.0 Å². The second-order valence-electron chi connectivity index (χ2n) is 19.7. The smallest absolute Gasteiger partial charge is 0.162 e. The first-order valence-corrected chi connectivity index (χ1v) is 25.9. The summed E-state index contributed by atoms with van der Waals surface area (Å²) < 4.78 is 0. The molecule has 394 valence electrons. The molecule has 6 aromatic rings. The Morgan fingerprint density at radius 2 is 0.889 bits per heavy atom. The van der Waals surface area contributed by atoms with Crippen LogP contribution in [0.25, 0.3) is 44.1 Å². The zero-order chi connectivity index (χ0) is 52.2. The first kappa shape index (κ1) is 65.4. The van der Waals surface area contributed by atoms with Crippen LogP contribution in [0.4, 0.5) is 0 Å². The molecule has 6 rings (SSSR count). The van der Waals surface area contributed by atoms with Gasteiger partial charge in [0.2, 0.25) is 0 Å². The standard InChI is InChI=1S/2C20H20N.C13H24O2.C11H20O2.2Ir/c2*1-13(2)16-5-6-19-17(12-16)7-8-21-20(19)18-10-14(3)9-15(4)11-18;1-5-10(6-2)12(14)9-13(15)11(7-3)8-4;1-5-8(3)10(12)7-11(13)9(4)6-2;;/h2*5-10,12-13H,1-4H3;9-11,14H,5-8H2,1-4H3;7-9,12H,5-6H2,1-4H3;;/q2*-1;;;;. The molecule has 0 bridgehead atoms. The predicted octanol–water partition coefficient (Wildman–Crippen LogP) is 17.8. The van der Waals surface area contributed by atoms with Gasteiger partial charge in [0.25, 0.3) is 0 Å². The maximum absolute atomic E-state index is 11.7. The molecule has 0 saturated heterocycles. The number of aliphatic hydroxyl groups is 2. The second kappa shape index (κ2) is 32.6. The molecule has 2 N–H and O–H groups in total. The minimum absolute atomic E-state index is 0. The fraction of sp³-hybridized carbons (Fsp3) is 0.438. The quantitative estimate of drug-likeness (QED) is 0.0569. The first-order valence-electron chi connectivity index (χ1n) is 25.9. The van der Waals surface area contributed by atoms with Gasteiger partial charge in [-0.1, -0.05) is 147 Å². The molecule has 0 fully saturated rings. The van der Waals surface area contributed by atoms with Gasteiger partial charge in [0.1, 0.15) is 0 Å². The summed E-state index contributed by atoms with van der Waals surface area (Å²) in [7, 11) is 0. The molecule has 6 nitrogen and oxygen atoms in total. The maximum atomic E-state index is 11.7. The van der Waals surface area contributed by atoms with Crippen molar-refractivity contribution in [1.82, 2.24) is 9.97 Å². The van der Waals surface area contributed by atoms with E-state index in [0.29, 0.717) is 11.8 Å². The zero-order valence-electron chi connectivity index (χ0n) is 46.2. The van der Waals surface area contributed by atoms with Gasteiger partial charge < -0.3 is 20.2 Å². The van der Waals surface area contributed by atoms with Gasteiger partial charge in [-0.25, -0.2) is 0 Å². The van der Waals surface area contributed by atoms with Crippen molar-refractivity contribution in [2.45, 2.75) is 161 Å². The topological polar surface area (TPSA) is 100 Å². The van der Waals surface area contributed by atoms with Crippen LogP contribution in [0.1, 0.15) is 167 Å². The third-order valence-electron chi connectivity index (χ3n) is 13.3. The van der Waals surface area contributed by atoms with Crippen LogP contribution in [-0.4, -0.2) is 31.7 Å². The molecule has 2 radical (unpaired) electrons. The number of allylic oxidation sites excluding steroid dienone is 4. The van der Waals surface area contributed by atoms with Crippen LogP contribution in [0, 0.1) is 63.5 Å². The van der Waals surface area contributed by atoms with Crippen molar-refractivity contribution in [2.75, 3.05) is 0 Å². The molecule has 0 aliphatic heterocycles. The SMILES string of the molecule is CCC(C)C(=O)C=C(O)C(C)CC.CCC(CC)C(=O)C=C(O)C(CC)CC.Cc1[c-]c(-c2nccc3cc(C(C)C)ccc23)cc(C)c1.Cc1[c-]c(-c2nccc3cc(C(C)C)ccc23)cc(C)c1.[Ir].[Ir]. The average molecular weight is 1330 g/mol. The van der Waals surface area contributed by atoms with Crippen LogP contribution >= 0.6 is 0 Å². The summed E-state index contributed by atoms with van der Waals surface area (Å²) in [6.07, 6.45) is 11.8. The minimum Gasteiger partial charge on any atom is -0.512 e. The number of aromatic nitrogens is 2. The van der Waals surface area contributed by atoms with Crippen molar-refractivity contribution in [3.05, 3.63) is 154 Å². The number of rotatable bonds is 16. The molecule has 0 aliphatic carbocycles. The number of nitrogens with zero attached hydrogens (tertiary/aromatic N) is 2. The van der Waals surface area contributed by atoms with Crippen LogP contribution in [0.5, 0.6) is 0 Å². The molecule has 8 heteroatoms. The summed E-state index contributed by atoms with van der Waals surface area (Å²) in [6.45, 7) is 33.1. The molecule has 0 amide bonds. The van der Waals surface area contributed by atoms with E-state index in [0.717, 1.165) is 72.2 Å². The van der Waals surface area contributed by atoms with E-state index < -0.39 is 0 Å². The number of pyridine rings is 2. The maximum Gasteiger partial charge on any atom is 0.162 e. The van der Waals surface area contributed by atoms with Crippen molar-refractivity contribution in [2.24, 2.45) is 23.7 Å². The molecular formula is C64H84Ir2N2O4-2. The fourth-order valence-electron chi connectivity index (χ4n) is 8.21. The summed E-state index contributed by atoms with van der Waals surface area (Å²) >= 11 is 0. The summed E-state index contributed by atoms with van der Waals surface area (Å²) in [5.74, 6) is 1.98. The average Bonchev–Trinajstić information content (AvgIpc) is 3.33. The molecule has 0 saturated carbocycles.